The van der Waals surface area contributed by atoms with Gasteiger partial charge in [-0.2, -0.15) is 0 Å². The Morgan fingerprint density at radius 2 is 1.61 bits per heavy atom. The van der Waals surface area contributed by atoms with E-state index in [0.29, 0.717) is 10.0 Å². The zero-order chi connectivity index (χ0) is 23.1. The molecule has 0 spiro atoms. The molecule has 33 heavy (non-hydrogen) atoms. The van der Waals surface area contributed by atoms with Gasteiger partial charge in [-0.3, -0.25) is 4.79 Å². The van der Waals surface area contributed by atoms with Gasteiger partial charge < -0.3 is 9.13 Å². The van der Waals surface area contributed by atoms with Crippen molar-refractivity contribution in [2.24, 2.45) is 14.1 Å². The number of nitrogens with zero attached hydrogens (tertiary/aromatic N) is 3. The lowest BCUT2D eigenvalue weighted by Crippen LogP contribution is -2.16. The monoisotopic (exact) mass is 473 g/mol. The summed E-state index contributed by atoms with van der Waals surface area (Å²) >= 11 is 12.4. The van der Waals surface area contributed by atoms with Crippen LogP contribution in [0.15, 0.2) is 90.1 Å². The van der Waals surface area contributed by atoms with E-state index in [2.05, 4.69) is 17.1 Å². The number of hydrogen-bond acceptors (Lipinski definition) is 2. The fourth-order valence-electron chi connectivity index (χ4n) is 4.39. The Bertz CT molecular complexity index is 1530. The third-order valence-electron chi connectivity index (χ3n) is 6.09. The molecule has 0 aliphatic carbocycles. The van der Waals surface area contributed by atoms with Gasteiger partial charge in [-0.15, -0.1) is 0 Å². The molecule has 5 rings (SSSR count). The van der Waals surface area contributed by atoms with Gasteiger partial charge in [-0.1, -0.05) is 53.5 Å². The Kier molecular flexibility index (Phi) is 5.57. The maximum Gasteiger partial charge on any atom is 0.251 e. The largest absolute Gasteiger partial charge is 0.337 e. The number of hydrogen-bond donors (Lipinski definition) is 0. The molecule has 0 aliphatic rings. The van der Waals surface area contributed by atoms with Crippen LogP contribution in [0.5, 0.6) is 0 Å². The summed E-state index contributed by atoms with van der Waals surface area (Å²) in [5, 5.41) is 2.31. The van der Waals surface area contributed by atoms with Crippen LogP contribution < -0.4 is 5.56 Å². The van der Waals surface area contributed by atoms with Gasteiger partial charge in [0.15, 0.2) is 0 Å². The van der Waals surface area contributed by atoms with E-state index in [1.807, 2.05) is 72.4 Å². The summed E-state index contributed by atoms with van der Waals surface area (Å²) in [7, 11) is 3.79. The number of aryl methyl sites for hydroxylation is 2. The second kappa shape index (κ2) is 8.54. The molecule has 0 N–H and O–H groups in total. The van der Waals surface area contributed by atoms with E-state index in [9.17, 15) is 4.79 Å². The number of halogens is 2. The first-order valence-electron chi connectivity index (χ1n) is 10.5. The Hall–Kier alpha value is -3.34. The standard InChI is InChI=1S/C27H21Cl2N3O/c1-31-16-30-15-25(31)27(17-6-9-20(28)10-7-17)19-8-11-24-23(13-19)22(14-26(33)32(24)2)18-4-3-5-21(29)12-18/h3-16,27H,1-2H3/t27-/m0/s1. The molecule has 0 radical (unpaired) electrons. The molecule has 2 heterocycles. The summed E-state index contributed by atoms with van der Waals surface area (Å²) < 4.78 is 3.70. The normalized spacial score (nSPS) is 12.2. The average Bonchev–Trinajstić information content (AvgIpc) is 3.23. The third-order valence-corrected chi connectivity index (χ3v) is 6.58. The molecule has 1 atom stereocenters. The molecule has 0 bridgehead atoms. The highest BCUT2D eigenvalue weighted by molar-refractivity contribution is 6.31. The van der Waals surface area contributed by atoms with Crippen molar-refractivity contribution >= 4 is 34.1 Å². The zero-order valence-electron chi connectivity index (χ0n) is 18.2. The Morgan fingerprint density at radius 1 is 0.848 bits per heavy atom. The molecule has 0 amide bonds. The van der Waals surface area contributed by atoms with Crippen molar-refractivity contribution < 1.29 is 0 Å². The summed E-state index contributed by atoms with van der Waals surface area (Å²) in [6.07, 6.45) is 3.70. The fourth-order valence-corrected chi connectivity index (χ4v) is 4.70. The van der Waals surface area contributed by atoms with E-state index < -0.39 is 0 Å². The van der Waals surface area contributed by atoms with Crippen LogP contribution in [0.2, 0.25) is 10.0 Å². The van der Waals surface area contributed by atoms with Crippen molar-refractivity contribution in [3.05, 3.63) is 123 Å². The summed E-state index contributed by atoms with van der Waals surface area (Å²) in [5.74, 6) is -0.0522. The smallest absolute Gasteiger partial charge is 0.251 e. The molecular weight excluding hydrogens is 453 g/mol. The first kappa shape index (κ1) is 21.5. The molecule has 164 valence electrons. The SMILES string of the molecule is Cn1cncc1[C@@H](c1ccc(Cl)cc1)c1ccc2c(c1)c(-c1cccc(Cl)c1)cc(=O)n2C. The molecule has 6 heteroatoms. The highest BCUT2D eigenvalue weighted by Crippen LogP contribution is 2.36. The van der Waals surface area contributed by atoms with Crippen LogP contribution in [0.4, 0.5) is 0 Å². The van der Waals surface area contributed by atoms with E-state index in [-0.39, 0.29) is 11.5 Å². The number of benzene rings is 3. The van der Waals surface area contributed by atoms with Gasteiger partial charge in [0, 0.05) is 47.5 Å². The molecule has 0 saturated heterocycles. The van der Waals surface area contributed by atoms with Gasteiger partial charge in [0.2, 0.25) is 0 Å². The summed E-state index contributed by atoms with van der Waals surface area (Å²) in [6.45, 7) is 0. The van der Waals surface area contributed by atoms with Crippen LogP contribution >= 0.6 is 23.2 Å². The lowest BCUT2D eigenvalue weighted by molar-refractivity contribution is 0.793. The summed E-state index contributed by atoms with van der Waals surface area (Å²) in [6, 6.07) is 23.4. The molecule has 0 aliphatic heterocycles. The topological polar surface area (TPSA) is 39.8 Å². The van der Waals surface area contributed by atoms with Crippen molar-refractivity contribution in [1.29, 1.82) is 0 Å². The molecule has 3 aromatic carbocycles. The van der Waals surface area contributed by atoms with Crippen LogP contribution in [-0.4, -0.2) is 14.1 Å². The second-order valence-corrected chi connectivity index (χ2v) is 9.03. The number of pyridine rings is 1. The minimum Gasteiger partial charge on any atom is -0.337 e. The minimum atomic E-state index is -0.0638. The quantitative estimate of drug-likeness (QED) is 0.301. The van der Waals surface area contributed by atoms with Gasteiger partial charge in [-0.25, -0.2) is 4.98 Å². The van der Waals surface area contributed by atoms with E-state index >= 15 is 0 Å². The first-order valence-corrected chi connectivity index (χ1v) is 11.3. The first-order chi connectivity index (χ1) is 15.9. The van der Waals surface area contributed by atoms with Gasteiger partial charge in [0.1, 0.15) is 0 Å². The zero-order valence-corrected chi connectivity index (χ0v) is 19.7. The van der Waals surface area contributed by atoms with E-state index in [1.165, 1.54) is 0 Å². The molecule has 0 saturated carbocycles. The number of imidazole rings is 1. The van der Waals surface area contributed by atoms with E-state index in [4.69, 9.17) is 23.2 Å². The Balaban J connectivity index is 1.79. The van der Waals surface area contributed by atoms with Crippen LogP contribution in [-0.2, 0) is 14.1 Å². The molecule has 0 fully saturated rings. The Morgan fingerprint density at radius 3 is 2.30 bits per heavy atom. The predicted octanol–water partition coefficient (Wildman–Crippen LogP) is 6.43. The number of aromatic nitrogens is 3. The van der Waals surface area contributed by atoms with Crippen molar-refractivity contribution in [2.45, 2.75) is 5.92 Å². The molecular formula is C27H21Cl2N3O. The van der Waals surface area contributed by atoms with Crippen LogP contribution in [0, 0.1) is 0 Å². The van der Waals surface area contributed by atoms with Crippen molar-refractivity contribution in [1.82, 2.24) is 14.1 Å². The second-order valence-electron chi connectivity index (χ2n) is 8.16. The van der Waals surface area contributed by atoms with Gasteiger partial charge in [0.25, 0.3) is 5.56 Å². The van der Waals surface area contributed by atoms with Crippen LogP contribution in [0.1, 0.15) is 22.7 Å². The highest BCUT2D eigenvalue weighted by atomic mass is 35.5. The fraction of sp³-hybridized carbons (Fsp3) is 0.111. The summed E-state index contributed by atoms with van der Waals surface area (Å²) in [5.41, 5.74) is 5.83. The average molecular weight is 474 g/mol. The van der Waals surface area contributed by atoms with Crippen molar-refractivity contribution in [3.8, 4) is 11.1 Å². The maximum absolute atomic E-state index is 12.7. The molecule has 2 aromatic heterocycles. The van der Waals surface area contributed by atoms with Gasteiger partial charge in [-0.05, 0) is 58.7 Å². The van der Waals surface area contributed by atoms with E-state index in [1.54, 1.807) is 24.0 Å². The van der Waals surface area contributed by atoms with E-state index in [0.717, 1.165) is 38.9 Å². The number of fused-ring (bicyclic) bond motifs is 1. The lowest BCUT2D eigenvalue weighted by atomic mass is 9.87. The predicted molar refractivity (Wildman–Crippen MR) is 135 cm³/mol. The van der Waals surface area contributed by atoms with Gasteiger partial charge in [0.05, 0.1) is 17.8 Å². The third kappa shape index (κ3) is 3.97. The maximum atomic E-state index is 12.7. The number of rotatable bonds is 4. The minimum absolute atomic E-state index is 0.0522. The van der Waals surface area contributed by atoms with Crippen molar-refractivity contribution in [2.75, 3.05) is 0 Å². The Labute approximate surface area is 201 Å². The molecule has 0 unspecified atom stereocenters. The van der Waals surface area contributed by atoms with Gasteiger partial charge >= 0.3 is 0 Å². The lowest BCUT2D eigenvalue weighted by Gasteiger charge is -2.20. The molecule has 4 nitrogen and oxygen atoms in total. The molecule has 5 aromatic rings. The summed E-state index contributed by atoms with van der Waals surface area (Å²) in [4.78, 5) is 17.1. The van der Waals surface area contributed by atoms with Crippen LogP contribution in [0.25, 0.3) is 22.0 Å². The van der Waals surface area contributed by atoms with Crippen molar-refractivity contribution in [3.63, 3.8) is 0 Å². The van der Waals surface area contributed by atoms with Crippen LogP contribution in [0.3, 0.4) is 0 Å². The highest BCUT2D eigenvalue weighted by Gasteiger charge is 2.21.